The van der Waals surface area contributed by atoms with Crippen molar-refractivity contribution in [2.75, 3.05) is 13.7 Å². The highest BCUT2D eigenvalue weighted by Gasteiger charge is 2.07. The number of hydrogen-bond acceptors (Lipinski definition) is 2. The fraction of sp³-hybridized carbons (Fsp3) is 0.455. The SMILES string of the molecule is CCNCc1cc(Cl)cc(C)c1OC. The summed E-state index contributed by atoms with van der Waals surface area (Å²) in [5, 5.41) is 4.02. The maximum atomic E-state index is 5.97. The summed E-state index contributed by atoms with van der Waals surface area (Å²) in [6.07, 6.45) is 0. The Morgan fingerprint density at radius 1 is 1.43 bits per heavy atom. The standard InChI is InChI=1S/C11H16ClNO/c1-4-13-7-9-6-10(12)5-8(2)11(9)14-3/h5-6,13H,4,7H2,1-3H3. The van der Waals surface area contributed by atoms with Gasteiger partial charge < -0.3 is 10.1 Å². The molecular weight excluding hydrogens is 198 g/mol. The maximum Gasteiger partial charge on any atom is 0.126 e. The molecular formula is C11H16ClNO. The van der Waals surface area contributed by atoms with Gasteiger partial charge in [0.15, 0.2) is 0 Å². The molecule has 3 heteroatoms. The second kappa shape index (κ2) is 5.23. The average Bonchev–Trinajstić information content (AvgIpc) is 2.14. The third-order valence-corrected chi connectivity index (χ3v) is 2.30. The Kier molecular flexibility index (Phi) is 4.23. The smallest absolute Gasteiger partial charge is 0.126 e. The molecule has 0 heterocycles. The minimum Gasteiger partial charge on any atom is -0.496 e. The van der Waals surface area contributed by atoms with Gasteiger partial charge in [0.2, 0.25) is 0 Å². The van der Waals surface area contributed by atoms with Crippen LogP contribution in [0.2, 0.25) is 5.02 Å². The molecule has 0 aromatic heterocycles. The molecule has 0 atom stereocenters. The first kappa shape index (κ1) is 11.3. The quantitative estimate of drug-likeness (QED) is 0.831. The number of rotatable bonds is 4. The Bertz CT molecular complexity index is 312. The van der Waals surface area contributed by atoms with Crippen molar-refractivity contribution in [3.05, 3.63) is 28.3 Å². The second-order valence-electron chi connectivity index (χ2n) is 3.20. The molecule has 0 aliphatic carbocycles. The van der Waals surface area contributed by atoms with E-state index >= 15 is 0 Å². The summed E-state index contributed by atoms with van der Waals surface area (Å²) >= 11 is 5.97. The van der Waals surface area contributed by atoms with Crippen LogP contribution in [0.1, 0.15) is 18.1 Å². The number of benzene rings is 1. The third-order valence-electron chi connectivity index (χ3n) is 2.09. The largest absolute Gasteiger partial charge is 0.496 e. The molecule has 0 unspecified atom stereocenters. The van der Waals surface area contributed by atoms with Gasteiger partial charge in [-0.1, -0.05) is 18.5 Å². The molecule has 1 rings (SSSR count). The second-order valence-corrected chi connectivity index (χ2v) is 3.63. The molecule has 2 nitrogen and oxygen atoms in total. The van der Waals surface area contributed by atoms with E-state index in [1.54, 1.807) is 7.11 Å². The van der Waals surface area contributed by atoms with Crippen LogP contribution >= 0.6 is 11.6 Å². The van der Waals surface area contributed by atoms with Crippen molar-refractivity contribution in [1.29, 1.82) is 0 Å². The average molecular weight is 214 g/mol. The molecule has 0 amide bonds. The van der Waals surface area contributed by atoms with Crippen LogP contribution in [-0.2, 0) is 6.54 Å². The van der Waals surface area contributed by atoms with Crippen molar-refractivity contribution in [2.45, 2.75) is 20.4 Å². The number of hydrogen-bond donors (Lipinski definition) is 1. The maximum absolute atomic E-state index is 5.97. The Morgan fingerprint density at radius 2 is 2.14 bits per heavy atom. The van der Waals surface area contributed by atoms with E-state index in [9.17, 15) is 0 Å². The van der Waals surface area contributed by atoms with Crippen LogP contribution in [0.15, 0.2) is 12.1 Å². The topological polar surface area (TPSA) is 21.3 Å². The summed E-state index contributed by atoms with van der Waals surface area (Å²) in [5.74, 6) is 0.926. The van der Waals surface area contributed by atoms with E-state index in [4.69, 9.17) is 16.3 Å². The van der Waals surface area contributed by atoms with Gasteiger partial charge in [-0.15, -0.1) is 0 Å². The van der Waals surface area contributed by atoms with Gasteiger partial charge in [-0.25, -0.2) is 0 Å². The minimum atomic E-state index is 0.760. The number of ether oxygens (including phenoxy) is 1. The molecule has 1 N–H and O–H groups in total. The van der Waals surface area contributed by atoms with Crippen LogP contribution in [0, 0.1) is 6.92 Å². The highest BCUT2D eigenvalue weighted by molar-refractivity contribution is 6.30. The number of halogens is 1. The zero-order chi connectivity index (χ0) is 10.6. The van der Waals surface area contributed by atoms with Gasteiger partial charge in [0, 0.05) is 17.1 Å². The molecule has 0 saturated carbocycles. The molecule has 0 aliphatic heterocycles. The minimum absolute atomic E-state index is 0.760. The van der Waals surface area contributed by atoms with Gasteiger partial charge in [0.1, 0.15) is 5.75 Å². The molecule has 14 heavy (non-hydrogen) atoms. The number of aryl methyl sites for hydroxylation is 1. The van der Waals surface area contributed by atoms with Gasteiger partial charge >= 0.3 is 0 Å². The zero-order valence-electron chi connectivity index (χ0n) is 8.86. The van der Waals surface area contributed by atoms with Gasteiger partial charge in [0.25, 0.3) is 0 Å². The summed E-state index contributed by atoms with van der Waals surface area (Å²) in [6, 6.07) is 3.85. The normalized spacial score (nSPS) is 10.3. The van der Waals surface area contributed by atoms with Crippen LogP contribution in [0.5, 0.6) is 5.75 Å². The van der Waals surface area contributed by atoms with Crippen LogP contribution in [0.25, 0.3) is 0 Å². The summed E-state index contributed by atoms with van der Waals surface area (Å²) < 4.78 is 5.33. The van der Waals surface area contributed by atoms with E-state index < -0.39 is 0 Å². The molecule has 0 bridgehead atoms. The molecule has 0 saturated heterocycles. The Balaban J connectivity index is 2.99. The Hall–Kier alpha value is -0.730. The Morgan fingerprint density at radius 3 is 2.71 bits per heavy atom. The van der Waals surface area contributed by atoms with Crippen LogP contribution < -0.4 is 10.1 Å². The summed E-state index contributed by atoms with van der Waals surface area (Å²) in [7, 11) is 1.69. The van der Waals surface area contributed by atoms with Gasteiger partial charge in [-0.3, -0.25) is 0 Å². The van der Waals surface area contributed by atoms with Crippen molar-refractivity contribution < 1.29 is 4.74 Å². The first-order valence-corrected chi connectivity index (χ1v) is 5.10. The van der Waals surface area contributed by atoms with Crippen molar-refractivity contribution in [2.24, 2.45) is 0 Å². The van der Waals surface area contributed by atoms with Gasteiger partial charge in [-0.05, 0) is 31.2 Å². The molecule has 0 fully saturated rings. The van der Waals surface area contributed by atoms with E-state index in [1.807, 2.05) is 19.1 Å². The van der Waals surface area contributed by atoms with Crippen LogP contribution in [0.4, 0.5) is 0 Å². The first-order valence-electron chi connectivity index (χ1n) is 4.72. The van der Waals surface area contributed by atoms with E-state index in [0.717, 1.165) is 35.0 Å². The fourth-order valence-corrected chi connectivity index (χ4v) is 1.78. The van der Waals surface area contributed by atoms with Crippen LogP contribution in [0.3, 0.4) is 0 Å². The number of nitrogens with one attached hydrogen (secondary N) is 1. The fourth-order valence-electron chi connectivity index (χ4n) is 1.48. The lowest BCUT2D eigenvalue weighted by Gasteiger charge is -2.12. The lowest BCUT2D eigenvalue weighted by atomic mass is 10.1. The molecule has 1 aromatic rings. The number of methoxy groups -OCH3 is 1. The van der Waals surface area contributed by atoms with E-state index in [1.165, 1.54) is 0 Å². The first-order chi connectivity index (χ1) is 6.69. The van der Waals surface area contributed by atoms with Gasteiger partial charge in [-0.2, -0.15) is 0 Å². The predicted molar refractivity (Wildman–Crippen MR) is 60.1 cm³/mol. The van der Waals surface area contributed by atoms with Crippen LogP contribution in [-0.4, -0.2) is 13.7 Å². The molecule has 0 spiro atoms. The highest BCUT2D eigenvalue weighted by Crippen LogP contribution is 2.27. The highest BCUT2D eigenvalue weighted by atomic mass is 35.5. The lowest BCUT2D eigenvalue weighted by Crippen LogP contribution is -2.12. The van der Waals surface area contributed by atoms with Crippen molar-refractivity contribution >= 4 is 11.6 Å². The molecule has 0 radical (unpaired) electrons. The zero-order valence-corrected chi connectivity index (χ0v) is 9.61. The van der Waals surface area contributed by atoms with Crippen molar-refractivity contribution in [3.63, 3.8) is 0 Å². The van der Waals surface area contributed by atoms with E-state index in [-0.39, 0.29) is 0 Å². The molecule has 78 valence electrons. The van der Waals surface area contributed by atoms with Gasteiger partial charge in [0.05, 0.1) is 7.11 Å². The summed E-state index contributed by atoms with van der Waals surface area (Å²) in [6.45, 7) is 5.81. The van der Waals surface area contributed by atoms with Crippen molar-refractivity contribution in [3.8, 4) is 5.75 Å². The molecule has 0 aliphatic rings. The van der Waals surface area contributed by atoms with E-state index in [2.05, 4.69) is 12.2 Å². The third kappa shape index (κ3) is 2.63. The lowest BCUT2D eigenvalue weighted by molar-refractivity contribution is 0.405. The summed E-state index contributed by atoms with van der Waals surface area (Å²) in [4.78, 5) is 0. The predicted octanol–water partition coefficient (Wildman–Crippen LogP) is 2.77. The van der Waals surface area contributed by atoms with E-state index in [0.29, 0.717) is 0 Å². The monoisotopic (exact) mass is 213 g/mol. The van der Waals surface area contributed by atoms with Crippen molar-refractivity contribution in [1.82, 2.24) is 5.32 Å². The Labute approximate surface area is 90.2 Å². The summed E-state index contributed by atoms with van der Waals surface area (Å²) in [5.41, 5.74) is 2.19. The molecule has 1 aromatic carbocycles.